The van der Waals surface area contributed by atoms with Gasteiger partial charge in [-0.1, -0.05) is 30.8 Å². The van der Waals surface area contributed by atoms with Gasteiger partial charge in [-0.3, -0.25) is 4.79 Å². The summed E-state index contributed by atoms with van der Waals surface area (Å²) >= 11 is 0. The van der Waals surface area contributed by atoms with E-state index in [0.717, 1.165) is 68.6 Å². The molecule has 210 valence electrons. The van der Waals surface area contributed by atoms with Crippen molar-refractivity contribution in [1.82, 2.24) is 19.8 Å². The number of carbonyl (C=O) groups excluding carboxylic acids is 1. The SMILES string of the molecule is C=C(F)C(=O)N1CCN(c2nc(OCC3CCCN3C)nc3c2CCC2(CCc4ccccc42)C3)CC1CC#N. The molecule has 2 saturated heterocycles. The van der Waals surface area contributed by atoms with Crippen LogP contribution in [0.5, 0.6) is 6.01 Å². The molecule has 4 aliphatic rings. The predicted octanol–water partition coefficient (Wildman–Crippen LogP) is 3.74. The summed E-state index contributed by atoms with van der Waals surface area (Å²) in [4.78, 5) is 28.3. The molecule has 3 heterocycles. The molecule has 40 heavy (non-hydrogen) atoms. The van der Waals surface area contributed by atoms with Crippen LogP contribution in [0.3, 0.4) is 0 Å². The van der Waals surface area contributed by atoms with Crippen LogP contribution in [0.25, 0.3) is 0 Å². The van der Waals surface area contributed by atoms with Gasteiger partial charge in [-0.2, -0.15) is 15.2 Å². The third kappa shape index (κ3) is 4.83. The first kappa shape index (κ1) is 26.7. The van der Waals surface area contributed by atoms with Gasteiger partial charge in [0.2, 0.25) is 0 Å². The number of fused-ring (bicyclic) bond motifs is 3. The summed E-state index contributed by atoms with van der Waals surface area (Å²) in [5.74, 6) is -0.906. The van der Waals surface area contributed by atoms with Gasteiger partial charge in [-0.05, 0) is 69.7 Å². The number of carbonyl (C=O) groups is 1. The molecule has 2 aromatic rings. The molecule has 0 radical (unpaired) electrons. The smallest absolute Gasteiger partial charge is 0.318 e. The van der Waals surface area contributed by atoms with E-state index in [4.69, 9.17) is 14.7 Å². The lowest BCUT2D eigenvalue weighted by Gasteiger charge is -2.42. The van der Waals surface area contributed by atoms with Crippen LogP contribution in [0.15, 0.2) is 36.7 Å². The Morgan fingerprint density at radius 1 is 1.20 bits per heavy atom. The van der Waals surface area contributed by atoms with Crippen LogP contribution in [-0.2, 0) is 29.5 Å². The third-order valence-corrected chi connectivity index (χ3v) is 9.55. The van der Waals surface area contributed by atoms with Gasteiger partial charge < -0.3 is 19.4 Å². The number of nitrogens with zero attached hydrogens (tertiary/aromatic N) is 6. The zero-order valence-corrected chi connectivity index (χ0v) is 23.2. The van der Waals surface area contributed by atoms with Gasteiger partial charge in [-0.25, -0.2) is 4.39 Å². The highest BCUT2D eigenvalue weighted by Crippen LogP contribution is 2.48. The van der Waals surface area contributed by atoms with Crippen LogP contribution in [-0.4, -0.2) is 77.6 Å². The highest BCUT2D eigenvalue weighted by molar-refractivity contribution is 5.91. The first-order chi connectivity index (χ1) is 19.4. The van der Waals surface area contributed by atoms with E-state index in [9.17, 15) is 14.4 Å². The predicted molar refractivity (Wildman–Crippen MR) is 150 cm³/mol. The number of amides is 1. The number of piperazine rings is 1. The number of ether oxygens (including phenoxy) is 1. The molecule has 2 fully saturated rings. The maximum absolute atomic E-state index is 13.8. The summed E-state index contributed by atoms with van der Waals surface area (Å²) in [6.45, 7) is 5.98. The largest absolute Gasteiger partial charge is 0.462 e. The van der Waals surface area contributed by atoms with E-state index in [0.29, 0.717) is 38.3 Å². The molecule has 1 aromatic carbocycles. The quantitative estimate of drug-likeness (QED) is 0.512. The highest BCUT2D eigenvalue weighted by atomic mass is 19.1. The monoisotopic (exact) mass is 544 g/mol. The minimum Gasteiger partial charge on any atom is -0.462 e. The third-order valence-electron chi connectivity index (χ3n) is 9.55. The van der Waals surface area contributed by atoms with Gasteiger partial charge in [0.1, 0.15) is 12.4 Å². The second kappa shape index (κ2) is 10.8. The fraction of sp³-hybridized carbons (Fsp3) is 0.548. The van der Waals surface area contributed by atoms with Crippen molar-refractivity contribution in [3.8, 4) is 12.1 Å². The first-order valence-corrected chi connectivity index (χ1v) is 14.5. The van der Waals surface area contributed by atoms with Crippen LogP contribution in [0, 0.1) is 11.3 Å². The molecular formula is C31H37FN6O2. The van der Waals surface area contributed by atoms with Gasteiger partial charge in [0.25, 0.3) is 5.91 Å². The first-order valence-electron chi connectivity index (χ1n) is 14.5. The Morgan fingerprint density at radius 3 is 2.80 bits per heavy atom. The van der Waals surface area contributed by atoms with E-state index < -0.39 is 17.8 Å². The number of aryl methyl sites for hydroxylation is 1. The van der Waals surface area contributed by atoms with E-state index in [1.54, 1.807) is 0 Å². The number of hydrogen-bond donors (Lipinski definition) is 0. The lowest BCUT2D eigenvalue weighted by atomic mass is 9.69. The van der Waals surface area contributed by atoms with Gasteiger partial charge in [-0.15, -0.1) is 0 Å². The molecule has 0 bridgehead atoms. The molecular weight excluding hydrogens is 507 g/mol. The van der Waals surface area contributed by atoms with Crippen molar-refractivity contribution in [3.05, 3.63) is 59.1 Å². The molecule has 1 spiro atoms. The number of likely N-dealkylation sites (N-methyl/N-ethyl adjacent to an activating group) is 1. The number of hydrogen-bond acceptors (Lipinski definition) is 7. The van der Waals surface area contributed by atoms with E-state index in [1.165, 1.54) is 16.0 Å². The second-order valence-corrected chi connectivity index (χ2v) is 11.8. The highest BCUT2D eigenvalue weighted by Gasteiger charge is 2.43. The van der Waals surface area contributed by atoms with Crippen LogP contribution >= 0.6 is 0 Å². The molecule has 3 unspecified atom stereocenters. The normalized spacial score (nSPS) is 25.9. The minimum atomic E-state index is -0.995. The summed E-state index contributed by atoms with van der Waals surface area (Å²) in [7, 11) is 2.13. The fourth-order valence-corrected chi connectivity index (χ4v) is 7.32. The van der Waals surface area contributed by atoms with E-state index in [1.807, 2.05) is 0 Å². The van der Waals surface area contributed by atoms with Gasteiger partial charge in [0.15, 0.2) is 5.83 Å². The summed E-state index contributed by atoms with van der Waals surface area (Å²) in [5, 5.41) is 9.47. The summed E-state index contributed by atoms with van der Waals surface area (Å²) in [6, 6.07) is 11.3. The van der Waals surface area contributed by atoms with Crippen molar-refractivity contribution in [2.24, 2.45) is 0 Å². The Bertz CT molecular complexity index is 1360. The topological polar surface area (TPSA) is 85.6 Å². The summed E-state index contributed by atoms with van der Waals surface area (Å²) in [5.41, 5.74) is 5.13. The standard InChI is InChI=1S/C31H37FN6O2/c1-21(32)29(39)38-17-16-37(19-23(38)11-14-33)28-25-10-13-31(12-9-22-6-3-4-8-26(22)31)18-27(25)34-30(35-28)40-20-24-7-5-15-36(24)2/h3-4,6,8,23-24H,1,5,7,9-13,15-20H2,2H3. The number of nitriles is 1. The Balaban J connectivity index is 1.33. The molecule has 2 aliphatic heterocycles. The lowest BCUT2D eigenvalue weighted by Crippen LogP contribution is -2.55. The van der Waals surface area contributed by atoms with Gasteiger partial charge in [0.05, 0.1) is 24.2 Å². The number of benzene rings is 1. The molecule has 1 amide bonds. The van der Waals surface area contributed by atoms with Crippen molar-refractivity contribution in [3.63, 3.8) is 0 Å². The fourth-order valence-electron chi connectivity index (χ4n) is 7.32. The Hall–Kier alpha value is -3.51. The Morgan fingerprint density at radius 2 is 2.02 bits per heavy atom. The zero-order chi connectivity index (χ0) is 27.9. The molecule has 0 saturated carbocycles. The number of aromatic nitrogens is 2. The van der Waals surface area contributed by atoms with E-state index in [2.05, 4.69) is 53.8 Å². The number of anilines is 1. The van der Waals surface area contributed by atoms with Crippen molar-refractivity contribution >= 4 is 11.7 Å². The van der Waals surface area contributed by atoms with Gasteiger partial charge in [0, 0.05) is 36.7 Å². The Labute approximate surface area is 235 Å². The van der Waals surface area contributed by atoms with Crippen molar-refractivity contribution in [1.29, 1.82) is 5.26 Å². The number of rotatable bonds is 6. The van der Waals surface area contributed by atoms with Crippen molar-refractivity contribution < 1.29 is 13.9 Å². The second-order valence-electron chi connectivity index (χ2n) is 11.8. The van der Waals surface area contributed by atoms with Crippen LogP contribution in [0.4, 0.5) is 10.2 Å². The summed E-state index contributed by atoms with van der Waals surface area (Å²) < 4.78 is 20.0. The lowest BCUT2D eigenvalue weighted by molar-refractivity contribution is -0.131. The van der Waals surface area contributed by atoms with E-state index in [-0.39, 0.29) is 11.8 Å². The number of halogens is 1. The zero-order valence-electron chi connectivity index (χ0n) is 23.2. The van der Waals surface area contributed by atoms with Crippen LogP contribution < -0.4 is 9.64 Å². The van der Waals surface area contributed by atoms with Crippen molar-refractivity contribution in [2.45, 2.75) is 68.9 Å². The molecule has 9 heteroatoms. The average Bonchev–Trinajstić information content (AvgIpc) is 3.54. The van der Waals surface area contributed by atoms with E-state index >= 15 is 0 Å². The molecule has 6 rings (SSSR count). The van der Waals surface area contributed by atoms with Gasteiger partial charge >= 0.3 is 6.01 Å². The molecule has 2 aliphatic carbocycles. The van der Waals surface area contributed by atoms with Crippen molar-refractivity contribution in [2.75, 3.05) is 44.7 Å². The maximum atomic E-state index is 13.8. The number of likely N-dealkylation sites (tertiary alicyclic amines) is 1. The minimum absolute atomic E-state index is 0.0775. The Kier molecular flexibility index (Phi) is 7.22. The summed E-state index contributed by atoms with van der Waals surface area (Å²) in [6.07, 6.45) is 7.31. The van der Waals surface area contributed by atoms with Crippen LogP contribution in [0.1, 0.15) is 54.5 Å². The van der Waals surface area contributed by atoms with Crippen LogP contribution in [0.2, 0.25) is 0 Å². The molecule has 0 N–H and O–H groups in total. The molecule has 3 atom stereocenters. The average molecular weight is 545 g/mol. The maximum Gasteiger partial charge on any atom is 0.318 e. The molecule has 1 aromatic heterocycles. The molecule has 8 nitrogen and oxygen atoms in total.